The number of carbonyl (C=O) groups is 2. The van der Waals surface area contributed by atoms with Gasteiger partial charge in [0.15, 0.2) is 6.61 Å². The highest BCUT2D eigenvalue weighted by Crippen LogP contribution is 2.17. The summed E-state index contributed by atoms with van der Waals surface area (Å²) in [5.74, 6) is -1.04. The van der Waals surface area contributed by atoms with E-state index in [1.165, 1.54) is 21.3 Å². The number of amides is 1. The summed E-state index contributed by atoms with van der Waals surface area (Å²) in [5, 5.41) is 8.97. The Balaban J connectivity index is 1.89. The normalized spacial score (nSPS) is 11.1. The molecule has 0 aliphatic rings. The summed E-state index contributed by atoms with van der Waals surface area (Å²) in [6.45, 7) is 3.73. The number of para-hydroxylation sites is 1. The van der Waals surface area contributed by atoms with Crippen LogP contribution in [0.4, 0.5) is 5.69 Å². The van der Waals surface area contributed by atoms with Crippen molar-refractivity contribution in [1.82, 2.24) is 4.31 Å². The van der Waals surface area contributed by atoms with Gasteiger partial charge in [-0.3, -0.25) is 14.5 Å². The van der Waals surface area contributed by atoms with Gasteiger partial charge >= 0.3 is 5.97 Å². The fourth-order valence-electron chi connectivity index (χ4n) is 3.08. The van der Waals surface area contributed by atoms with Crippen molar-refractivity contribution in [2.45, 2.75) is 31.6 Å². The van der Waals surface area contributed by atoms with Gasteiger partial charge in [-0.25, -0.2) is 8.42 Å². The zero-order valence-corrected chi connectivity index (χ0v) is 19.0. The third kappa shape index (κ3) is 6.64. The maximum absolute atomic E-state index is 12.5. The molecule has 2 aromatic rings. The summed E-state index contributed by atoms with van der Waals surface area (Å²) in [6, 6.07) is 17.0. The number of anilines is 1. The van der Waals surface area contributed by atoms with Crippen LogP contribution in [0, 0.1) is 11.3 Å². The Bertz CT molecular complexity index is 1040. The van der Waals surface area contributed by atoms with Gasteiger partial charge in [0.25, 0.3) is 5.91 Å². The minimum atomic E-state index is -3.53. The second-order valence-corrected chi connectivity index (χ2v) is 8.81. The van der Waals surface area contributed by atoms with Crippen LogP contribution in [-0.2, 0) is 30.8 Å². The first kappa shape index (κ1) is 25.0. The third-order valence-corrected chi connectivity index (χ3v) is 6.90. The van der Waals surface area contributed by atoms with Crippen molar-refractivity contribution in [3.05, 3.63) is 60.2 Å². The molecule has 0 fully saturated rings. The van der Waals surface area contributed by atoms with Crippen LogP contribution in [0.3, 0.4) is 0 Å². The Morgan fingerprint density at radius 2 is 1.62 bits per heavy atom. The number of esters is 1. The van der Waals surface area contributed by atoms with Crippen molar-refractivity contribution in [2.75, 3.05) is 31.1 Å². The smallest absolute Gasteiger partial charge is 0.306 e. The van der Waals surface area contributed by atoms with E-state index in [0.29, 0.717) is 25.2 Å². The van der Waals surface area contributed by atoms with Crippen molar-refractivity contribution >= 4 is 27.6 Å². The van der Waals surface area contributed by atoms with Gasteiger partial charge in [-0.15, -0.1) is 0 Å². The molecule has 0 unspecified atom stereocenters. The number of benzene rings is 2. The molecular weight excluding hydrogens is 430 g/mol. The number of hydrogen-bond donors (Lipinski definition) is 0. The quantitative estimate of drug-likeness (QED) is 0.379. The lowest BCUT2D eigenvalue weighted by Crippen LogP contribution is -2.35. The van der Waals surface area contributed by atoms with Crippen LogP contribution < -0.4 is 4.90 Å². The van der Waals surface area contributed by atoms with E-state index in [0.717, 1.165) is 5.56 Å². The molecule has 0 saturated carbocycles. The third-order valence-electron chi connectivity index (χ3n) is 4.84. The van der Waals surface area contributed by atoms with Gasteiger partial charge in [0.2, 0.25) is 10.0 Å². The summed E-state index contributed by atoms with van der Waals surface area (Å²) in [5.41, 5.74) is 1.33. The highest BCUT2D eigenvalue weighted by atomic mass is 32.2. The summed E-state index contributed by atoms with van der Waals surface area (Å²) >= 11 is 0. The first-order valence-corrected chi connectivity index (χ1v) is 11.7. The van der Waals surface area contributed by atoms with E-state index in [1.807, 2.05) is 6.07 Å². The Labute approximate surface area is 189 Å². The van der Waals surface area contributed by atoms with Gasteiger partial charge in [-0.2, -0.15) is 9.57 Å². The lowest BCUT2D eigenvalue weighted by Gasteiger charge is -2.19. The molecule has 2 aromatic carbocycles. The number of carbonyl (C=O) groups excluding carboxylic acids is 2. The SMILES string of the molecule is CCN(CC)S(=O)(=O)c1ccc(CCC(=O)OCC(=O)N(CC#N)c2ccccc2)cc1. The summed E-state index contributed by atoms with van der Waals surface area (Å²) in [7, 11) is -3.53. The Morgan fingerprint density at radius 3 is 2.19 bits per heavy atom. The maximum atomic E-state index is 12.5. The molecule has 2 rings (SSSR count). The molecule has 8 nitrogen and oxygen atoms in total. The average molecular weight is 458 g/mol. The standard InChI is InChI=1S/C23H27N3O5S/c1-3-25(4-2)32(29,30)21-13-10-19(11-14-21)12-15-23(28)31-18-22(27)26(17-16-24)20-8-6-5-7-9-20/h5-11,13-14H,3-4,12,15,17-18H2,1-2H3. The second-order valence-electron chi connectivity index (χ2n) is 6.87. The van der Waals surface area contributed by atoms with Crippen LogP contribution in [0.1, 0.15) is 25.8 Å². The molecule has 1 amide bonds. The van der Waals surface area contributed by atoms with Gasteiger partial charge < -0.3 is 4.74 Å². The molecule has 0 radical (unpaired) electrons. The molecule has 32 heavy (non-hydrogen) atoms. The predicted octanol–water partition coefficient (Wildman–Crippen LogP) is 2.75. The van der Waals surface area contributed by atoms with Gasteiger partial charge in [-0.1, -0.05) is 44.2 Å². The van der Waals surface area contributed by atoms with Crippen molar-refractivity contribution in [2.24, 2.45) is 0 Å². The molecule has 9 heteroatoms. The molecule has 0 aliphatic heterocycles. The molecule has 0 saturated heterocycles. The molecule has 0 heterocycles. The van der Waals surface area contributed by atoms with Crippen LogP contribution in [0.25, 0.3) is 0 Å². The predicted molar refractivity (Wildman–Crippen MR) is 120 cm³/mol. The molecule has 170 valence electrons. The van der Waals surface area contributed by atoms with Gasteiger partial charge in [0.1, 0.15) is 6.54 Å². The number of sulfonamides is 1. The summed E-state index contributed by atoms with van der Waals surface area (Å²) in [6.07, 6.45) is 0.387. The van der Waals surface area contributed by atoms with E-state index in [4.69, 9.17) is 10.00 Å². The highest BCUT2D eigenvalue weighted by Gasteiger charge is 2.21. The fraction of sp³-hybridized carbons (Fsp3) is 0.348. The van der Waals surface area contributed by atoms with Crippen molar-refractivity contribution in [1.29, 1.82) is 5.26 Å². The van der Waals surface area contributed by atoms with E-state index >= 15 is 0 Å². The Hall–Kier alpha value is -3.22. The second kappa shape index (κ2) is 12.0. The zero-order chi connectivity index (χ0) is 23.6. The topological polar surface area (TPSA) is 108 Å². The van der Waals surface area contributed by atoms with Crippen LogP contribution in [0.5, 0.6) is 0 Å². The minimum Gasteiger partial charge on any atom is -0.456 e. The van der Waals surface area contributed by atoms with Crippen LogP contribution in [-0.4, -0.2) is 50.8 Å². The first-order chi connectivity index (χ1) is 15.3. The lowest BCUT2D eigenvalue weighted by atomic mass is 10.1. The molecule has 0 N–H and O–H groups in total. The van der Waals surface area contributed by atoms with E-state index < -0.39 is 28.5 Å². The fourth-order valence-corrected chi connectivity index (χ4v) is 4.54. The lowest BCUT2D eigenvalue weighted by molar-refractivity contribution is -0.147. The minimum absolute atomic E-state index is 0.0407. The van der Waals surface area contributed by atoms with E-state index in [-0.39, 0.29) is 17.9 Å². The monoisotopic (exact) mass is 457 g/mol. The Kier molecular flexibility index (Phi) is 9.38. The number of rotatable bonds is 11. The van der Waals surface area contributed by atoms with Crippen molar-refractivity contribution in [3.8, 4) is 6.07 Å². The van der Waals surface area contributed by atoms with E-state index in [2.05, 4.69) is 0 Å². The average Bonchev–Trinajstić information content (AvgIpc) is 2.81. The van der Waals surface area contributed by atoms with Gasteiger partial charge in [0, 0.05) is 25.2 Å². The largest absolute Gasteiger partial charge is 0.456 e. The summed E-state index contributed by atoms with van der Waals surface area (Å²) < 4.78 is 31.5. The first-order valence-electron chi connectivity index (χ1n) is 10.3. The number of nitriles is 1. The molecule has 0 atom stereocenters. The van der Waals surface area contributed by atoms with Crippen LogP contribution >= 0.6 is 0 Å². The number of hydrogen-bond acceptors (Lipinski definition) is 6. The molecule has 0 aromatic heterocycles. The molecule has 0 spiro atoms. The van der Waals surface area contributed by atoms with E-state index in [9.17, 15) is 18.0 Å². The van der Waals surface area contributed by atoms with Crippen molar-refractivity contribution in [3.63, 3.8) is 0 Å². The number of aryl methyl sites for hydroxylation is 1. The van der Waals surface area contributed by atoms with Gasteiger partial charge in [0.05, 0.1) is 11.0 Å². The molecule has 0 bridgehead atoms. The maximum Gasteiger partial charge on any atom is 0.306 e. The summed E-state index contributed by atoms with van der Waals surface area (Å²) in [4.78, 5) is 25.9. The van der Waals surface area contributed by atoms with Crippen LogP contribution in [0.2, 0.25) is 0 Å². The van der Waals surface area contributed by atoms with Crippen LogP contribution in [0.15, 0.2) is 59.5 Å². The zero-order valence-electron chi connectivity index (χ0n) is 18.2. The van der Waals surface area contributed by atoms with Crippen molar-refractivity contribution < 1.29 is 22.7 Å². The molecular formula is C23H27N3O5S. The van der Waals surface area contributed by atoms with E-state index in [1.54, 1.807) is 56.3 Å². The highest BCUT2D eigenvalue weighted by molar-refractivity contribution is 7.89. The Morgan fingerprint density at radius 1 is 1.00 bits per heavy atom. The number of nitrogens with zero attached hydrogens (tertiary/aromatic N) is 3. The van der Waals surface area contributed by atoms with Gasteiger partial charge in [-0.05, 0) is 36.2 Å². The number of ether oxygens (including phenoxy) is 1. The molecule has 0 aliphatic carbocycles.